The predicted molar refractivity (Wildman–Crippen MR) is 113 cm³/mol. The summed E-state index contributed by atoms with van der Waals surface area (Å²) in [5, 5.41) is 2.40. The molecule has 170 valence electrons. The maximum absolute atomic E-state index is 14.2. The van der Waals surface area contributed by atoms with Crippen molar-refractivity contribution in [3.63, 3.8) is 0 Å². The number of fused-ring (bicyclic) bond motifs is 1. The molecular weight excluding hydrogens is 438 g/mol. The minimum absolute atomic E-state index is 0.0417. The number of anilines is 1. The number of hydrogen-bond donors (Lipinski definition) is 1. The van der Waals surface area contributed by atoms with Gasteiger partial charge in [0.25, 0.3) is 5.91 Å². The van der Waals surface area contributed by atoms with Gasteiger partial charge in [0.15, 0.2) is 0 Å². The van der Waals surface area contributed by atoms with Crippen molar-refractivity contribution in [3.05, 3.63) is 100 Å². The van der Waals surface area contributed by atoms with Gasteiger partial charge in [0.2, 0.25) is 0 Å². The largest absolute Gasteiger partial charge is 0.348 e. The molecule has 0 spiro atoms. The van der Waals surface area contributed by atoms with Gasteiger partial charge in [-0.2, -0.15) is 0 Å². The lowest BCUT2D eigenvalue weighted by molar-refractivity contribution is 0.0950. The molecule has 3 aromatic rings. The molecule has 0 fully saturated rings. The Morgan fingerprint density at radius 1 is 0.970 bits per heavy atom. The number of carbonyl (C=O) groups is 2. The van der Waals surface area contributed by atoms with Crippen molar-refractivity contribution in [2.24, 2.45) is 0 Å². The molecule has 1 heterocycles. The third-order valence-corrected chi connectivity index (χ3v) is 5.42. The van der Waals surface area contributed by atoms with Crippen LogP contribution in [0.2, 0.25) is 0 Å². The molecule has 5 nitrogen and oxygen atoms in total. The maximum Gasteiger partial charge on any atom is 0.324 e. The topological polar surface area (TPSA) is 52.7 Å². The molecule has 0 saturated carbocycles. The van der Waals surface area contributed by atoms with Crippen LogP contribution in [0, 0.1) is 23.3 Å². The van der Waals surface area contributed by atoms with E-state index in [4.69, 9.17) is 0 Å². The van der Waals surface area contributed by atoms with Crippen LogP contribution in [0.1, 0.15) is 27.0 Å². The fourth-order valence-corrected chi connectivity index (χ4v) is 3.68. The van der Waals surface area contributed by atoms with Crippen LogP contribution >= 0.6 is 0 Å². The Labute approximate surface area is 187 Å². The lowest BCUT2D eigenvalue weighted by Crippen LogP contribution is -2.45. The van der Waals surface area contributed by atoms with Crippen LogP contribution < -0.4 is 10.2 Å². The first kappa shape index (κ1) is 22.3. The molecule has 3 aromatic carbocycles. The van der Waals surface area contributed by atoms with Crippen LogP contribution in [0.4, 0.5) is 28.0 Å². The van der Waals surface area contributed by atoms with Crippen LogP contribution in [-0.4, -0.2) is 23.9 Å². The van der Waals surface area contributed by atoms with E-state index in [1.807, 2.05) is 0 Å². The van der Waals surface area contributed by atoms with Crippen molar-refractivity contribution >= 4 is 17.6 Å². The molecule has 0 bridgehead atoms. The zero-order chi connectivity index (χ0) is 23.7. The van der Waals surface area contributed by atoms with E-state index < -0.39 is 41.3 Å². The number of halogens is 4. The Hall–Kier alpha value is -3.88. The summed E-state index contributed by atoms with van der Waals surface area (Å²) in [6.45, 7) is -0.232. The standard InChI is InChI=1S/C24H19F4N3O2/c1-30-12-16-7-6-14(23(32)29-11-18-20(27)9-17(25)10-21(18)28)8-22(16)31(24(30)33)13-15-4-2-3-5-19(15)26/h2-10H,11-13H2,1H3,(H,29,32). The van der Waals surface area contributed by atoms with E-state index >= 15 is 0 Å². The number of amides is 3. The van der Waals surface area contributed by atoms with Gasteiger partial charge in [-0.3, -0.25) is 9.69 Å². The first-order valence-corrected chi connectivity index (χ1v) is 10.0. The van der Waals surface area contributed by atoms with Crippen molar-refractivity contribution in [2.45, 2.75) is 19.6 Å². The fourth-order valence-electron chi connectivity index (χ4n) is 3.68. The highest BCUT2D eigenvalue weighted by Crippen LogP contribution is 2.31. The molecule has 0 saturated heterocycles. The number of carbonyl (C=O) groups excluding carboxylic acids is 2. The van der Waals surface area contributed by atoms with Crippen LogP contribution in [0.15, 0.2) is 54.6 Å². The van der Waals surface area contributed by atoms with E-state index in [0.717, 1.165) is 5.56 Å². The van der Waals surface area contributed by atoms with Gasteiger partial charge in [0, 0.05) is 49.0 Å². The number of nitrogens with zero attached hydrogens (tertiary/aromatic N) is 2. The minimum atomic E-state index is -1.11. The van der Waals surface area contributed by atoms with Gasteiger partial charge >= 0.3 is 6.03 Å². The van der Waals surface area contributed by atoms with Crippen molar-refractivity contribution in [1.29, 1.82) is 0 Å². The highest BCUT2D eigenvalue weighted by molar-refractivity contribution is 5.99. The Morgan fingerprint density at radius 2 is 1.67 bits per heavy atom. The number of nitrogens with one attached hydrogen (secondary N) is 1. The Balaban J connectivity index is 1.59. The Kier molecular flexibility index (Phi) is 6.04. The second-order valence-electron chi connectivity index (χ2n) is 7.69. The van der Waals surface area contributed by atoms with Crippen molar-refractivity contribution in [1.82, 2.24) is 10.2 Å². The second-order valence-corrected chi connectivity index (χ2v) is 7.69. The van der Waals surface area contributed by atoms with Gasteiger partial charge in [-0.15, -0.1) is 0 Å². The summed E-state index contributed by atoms with van der Waals surface area (Å²) in [4.78, 5) is 28.3. The SMILES string of the molecule is CN1Cc2ccc(C(=O)NCc3c(F)cc(F)cc3F)cc2N(Cc2ccccc2F)C1=O. The predicted octanol–water partition coefficient (Wildman–Crippen LogP) is 4.75. The summed E-state index contributed by atoms with van der Waals surface area (Å²) < 4.78 is 55.0. The summed E-state index contributed by atoms with van der Waals surface area (Å²) in [7, 11) is 1.62. The molecule has 1 N–H and O–H groups in total. The first-order chi connectivity index (χ1) is 15.7. The number of hydrogen-bond acceptors (Lipinski definition) is 2. The van der Waals surface area contributed by atoms with Crippen molar-refractivity contribution < 1.29 is 27.2 Å². The highest BCUT2D eigenvalue weighted by atomic mass is 19.1. The average molecular weight is 457 g/mol. The van der Waals surface area contributed by atoms with Gasteiger partial charge in [0.1, 0.15) is 23.3 Å². The third kappa shape index (κ3) is 4.52. The van der Waals surface area contributed by atoms with E-state index in [2.05, 4.69) is 5.32 Å². The molecule has 0 unspecified atom stereocenters. The van der Waals surface area contributed by atoms with E-state index in [0.29, 0.717) is 29.9 Å². The summed E-state index contributed by atoms with van der Waals surface area (Å²) in [5.41, 5.74) is 1.17. The molecule has 1 aliphatic rings. The van der Waals surface area contributed by atoms with Gasteiger partial charge < -0.3 is 10.2 Å². The quantitative estimate of drug-likeness (QED) is 0.563. The fraction of sp³-hybridized carbons (Fsp3) is 0.167. The highest BCUT2D eigenvalue weighted by Gasteiger charge is 2.29. The summed E-state index contributed by atoms with van der Waals surface area (Å²) in [5.74, 6) is -4.37. The van der Waals surface area contributed by atoms with Gasteiger partial charge in [-0.05, 0) is 23.8 Å². The van der Waals surface area contributed by atoms with Crippen LogP contribution in [-0.2, 0) is 19.6 Å². The molecule has 3 amide bonds. The second kappa shape index (κ2) is 8.93. The molecule has 0 aromatic heterocycles. The van der Waals surface area contributed by atoms with E-state index in [9.17, 15) is 27.2 Å². The van der Waals surface area contributed by atoms with Crippen LogP contribution in [0.25, 0.3) is 0 Å². The van der Waals surface area contributed by atoms with Gasteiger partial charge in [0.05, 0.1) is 12.2 Å². The number of rotatable bonds is 5. The van der Waals surface area contributed by atoms with Gasteiger partial charge in [-0.1, -0.05) is 24.3 Å². The molecule has 33 heavy (non-hydrogen) atoms. The van der Waals surface area contributed by atoms with Crippen LogP contribution in [0.5, 0.6) is 0 Å². The smallest absolute Gasteiger partial charge is 0.324 e. The van der Waals surface area contributed by atoms with Crippen molar-refractivity contribution in [3.8, 4) is 0 Å². The lowest BCUT2D eigenvalue weighted by atomic mass is 10.0. The number of urea groups is 1. The zero-order valence-electron chi connectivity index (χ0n) is 17.5. The monoisotopic (exact) mass is 457 g/mol. The molecular formula is C24H19F4N3O2. The van der Waals surface area contributed by atoms with Crippen LogP contribution in [0.3, 0.4) is 0 Å². The number of benzene rings is 3. The zero-order valence-corrected chi connectivity index (χ0v) is 17.5. The molecule has 4 rings (SSSR count). The summed E-state index contributed by atoms with van der Waals surface area (Å²) >= 11 is 0. The van der Waals surface area contributed by atoms with E-state index in [1.165, 1.54) is 28.0 Å². The molecule has 0 aliphatic carbocycles. The third-order valence-electron chi connectivity index (χ3n) is 5.42. The lowest BCUT2D eigenvalue weighted by Gasteiger charge is -2.35. The van der Waals surface area contributed by atoms with E-state index in [1.54, 1.807) is 31.3 Å². The molecule has 0 radical (unpaired) electrons. The summed E-state index contributed by atoms with van der Waals surface area (Å²) in [6, 6.07) is 11.5. The Bertz CT molecular complexity index is 1230. The molecule has 0 atom stereocenters. The minimum Gasteiger partial charge on any atom is -0.348 e. The molecule has 9 heteroatoms. The maximum atomic E-state index is 14.2. The van der Waals surface area contributed by atoms with Crippen molar-refractivity contribution in [2.75, 3.05) is 11.9 Å². The Morgan fingerprint density at radius 3 is 2.36 bits per heavy atom. The average Bonchev–Trinajstić information content (AvgIpc) is 2.77. The van der Waals surface area contributed by atoms with E-state index in [-0.39, 0.29) is 18.1 Å². The summed E-state index contributed by atoms with van der Waals surface area (Å²) in [6.07, 6.45) is 0. The normalized spacial score (nSPS) is 13.2. The first-order valence-electron chi connectivity index (χ1n) is 10.0. The molecule has 1 aliphatic heterocycles. The van der Waals surface area contributed by atoms with Gasteiger partial charge in [-0.25, -0.2) is 22.4 Å².